The molecule has 7 nitrogen and oxygen atoms in total. The molecule has 2 aromatic carbocycles. The van der Waals surface area contributed by atoms with Crippen molar-refractivity contribution in [2.24, 2.45) is 0 Å². The Balaban J connectivity index is 1.97. The third kappa shape index (κ3) is 3.24. The van der Waals surface area contributed by atoms with Crippen LogP contribution in [-0.2, 0) is 10.0 Å². The van der Waals surface area contributed by atoms with Crippen molar-refractivity contribution in [1.82, 2.24) is 4.31 Å². The van der Waals surface area contributed by atoms with Gasteiger partial charge in [0.2, 0.25) is 10.0 Å². The molecule has 1 N–H and O–H groups in total. The lowest BCUT2D eigenvalue weighted by atomic mass is 10.2. The van der Waals surface area contributed by atoms with Crippen molar-refractivity contribution in [3.05, 3.63) is 58.6 Å². The van der Waals surface area contributed by atoms with Crippen LogP contribution in [0.1, 0.15) is 12.8 Å². The van der Waals surface area contributed by atoms with E-state index in [0.717, 1.165) is 18.9 Å². The number of hydrogen-bond donors (Lipinski definition) is 1. The zero-order valence-corrected chi connectivity index (χ0v) is 13.7. The molecule has 24 heavy (non-hydrogen) atoms. The molecular weight excluding hydrogens is 330 g/mol. The van der Waals surface area contributed by atoms with E-state index in [1.165, 1.54) is 16.4 Å². The number of nitro groups is 1. The number of nitrogens with zero attached hydrogens (tertiary/aromatic N) is 2. The number of nitrogens with one attached hydrogen (secondary N) is 1. The van der Waals surface area contributed by atoms with Gasteiger partial charge in [0.15, 0.2) is 0 Å². The van der Waals surface area contributed by atoms with Crippen molar-refractivity contribution in [1.29, 1.82) is 0 Å². The average Bonchev–Trinajstić information content (AvgIpc) is 3.11. The van der Waals surface area contributed by atoms with Crippen LogP contribution in [0.4, 0.5) is 17.1 Å². The smallest absolute Gasteiger partial charge is 0.294 e. The summed E-state index contributed by atoms with van der Waals surface area (Å²) in [7, 11) is -3.68. The third-order valence-electron chi connectivity index (χ3n) is 3.92. The topological polar surface area (TPSA) is 92.5 Å². The Morgan fingerprint density at radius 3 is 2.33 bits per heavy atom. The molecule has 2 aromatic rings. The summed E-state index contributed by atoms with van der Waals surface area (Å²) in [5, 5.41) is 14.3. The second-order valence-electron chi connectivity index (χ2n) is 5.54. The van der Waals surface area contributed by atoms with Gasteiger partial charge in [-0.15, -0.1) is 0 Å². The Morgan fingerprint density at radius 2 is 1.71 bits per heavy atom. The van der Waals surface area contributed by atoms with Gasteiger partial charge in [-0.25, -0.2) is 8.42 Å². The molecule has 3 rings (SSSR count). The second-order valence-corrected chi connectivity index (χ2v) is 7.48. The second kappa shape index (κ2) is 6.58. The fraction of sp³-hybridized carbons (Fsp3) is 0.250. The van der Waals surface area contributed by atoms with E-state index >= 15 is 0 Å². The molecule has 0 radical (unpaired) electrons. The number of anilines is 2. The van der Waals surface area contributed by atoms with E-state index in [2.05, 4.69) is 5.32 Å². The Kier molecular flexibility index (Phi) is 4.50. The summed E-state index contributed by atoms with van der Waals surface area (Å²) in [6, 6.07) is 13.0. The van der Waals surface area contributed by atoms with Crippen LogP contribution in [0.5, 0.6) is 0 Å². The normalized spacial score (nSPS) is 15.3. The molecule has 8 heteroatoms. The number of hydrogen-bond acceptors (Lipinski definition) is 5. The van der Waals surface area contributed by atoms with E-state index in [9.17, 15) is 18.5 Å². The Morgan fingerprint density at radius 1 is 1.04 bits per heavy atom. The van der Waals surface area contributed by atoms with Crippen molar-refractivity contribution < 1.29 is 13.3 Å². The highest BCUT2D eigenvalue weighted by Gasteiger charge is 2.29. The molecule has 1 aliphatic rings. The first-order valence-corrected chi connectivity index (χ1v) is 9.03. The van der Waals surface area contributed by atoms with E-state index in [4.69, 9.17) is 0 Å². The van der Waals surface area contributed by atoms with Gasteiger partial charge in [-0.05, 0) is 37.1 Å². The van der Waals surface area contributed by atoms with Crippen molar-refractivity contribution in [2.75, 3.05) is 18.4 Å². The molecule has 1 fully saturated rings. The number of rotatable bonds is 5. The Bertz CT molecular complexity index is 847. The van der Waals surface area contributed by atoms with Crippen LogP contribution in [0.15, 0.2) is 53.4 Å². The molecule has 0 saturated carbocycles. The quantitative estimate of drug-likeness (QED) is 0.662. The van der Waals surface area contributed by atoms with E-state index in [-0.39, 0.29) is 16.3 Å². The van der Waals surface area contributed by atoms with Crippen LogP contribution < -0.4 is 5.32 Å². The highest BCUT2D eigenvalue weighted by atomic mass is 32.2. The minimum absolute atomic E-state index is 0.0466. The highest BCUT2D eigenvalue weighted by molar-refractivity contribution is 7.89. The lowest BCUT2D eigenvalue weighted by Crippen LogP contribution is -2.27. The molecule has 0 unspecified atom stereocenters. The van der Waals surface area contributed by atoms with Crippen molar-refractivity contribution in [3.8, 4) is 0 Å². The monoisotopic (exact) mass is 347 g/mol. The molecule has 0 atom stereocenters. The van der Waals surface area contributed by atoms with Crippen molar-refractivity contribution in [2.45, 2.75) is 17.7 Å². The van der Waals surface area contributed by atoms with Gasteiger partial charge in [-0.3, -0.25) is 10.1 Å². The van der Waals surface area contributed by atoms with Crippen LogP contribution in [0.3, 0.4) is 0 Å². The molecule has 0 aromatic heterocycles. The van der Waals surface area contributed by atoms with Crippen LogP contribution in [-0.4, -0.2) is 30.7 Å². The maximum Gasteiger partial charge on any atom is 0.294 e. The van der Waals surface area contributed by atoms with Crippen molar-refractivity contribution in [3.63, 3.8) is 0 Å². The SMILES string of the molecule is O=[N+]([O-])c1cc(S(=O)(=O)N2CCCC2)ccc1Nc1ccccc1. The lowest BCUT2D eigenvalue weighted by Gasteiger charge is -2.16. The standard InChI is InChI=1S/C16H17N3O4S/c20-19(21)16-12-14(24(22,23)18-10-4-5-11-18)8-9-15(16)17-13-6-2-1-3-7-13/h1-3,6-9,12,17H,4-5,10-11H2. The average molecular weight is 347 g/mol. The number of nitro benzene ring substituents is 1. The van der Waals surface area contributed by atoms with Crippen LogP contribution >= 0.6 is 0 Å². The maximum absolute atomic E-state index is 12.6. The van der Waals surface area contributed by atoms with Gasteiger partial charge in [0.25, 0.3) is 5.69 Å². The van der Waals surface area contributed by atoms with Gasteiger partial charge < -0.3 is 5.32 Å². The third-order valence-corrected chi connectivity index (χ3v) is 5.82. The predicted molar refractivity (Wildman–Crippen MR) is 90.8 cm³/mol. The van der Waals surface area contributed by atoms with E-state index in [0.29, 0.717) is 18.8 Å². The maximum atomic E-state index is 12.6. The van der Waals surface area contributed by atoms with E-state index in [1.807, 2.05) is 6.07 Å². The van der Waals surface area contributed by atoms with Crippen molar-refractivity contribution >= 4 is 27.1 Å². The fourth-order valence-electron chi connectivity index (χ4n) is 2.68. The minimum atomic E-state index is -3.68. The molecule has 1 aliphatic heterocycles. The van der Waals surface area contributed by atoms with Gasteiger partial charge in [0, 0.05) is 24.8 Å². The number of benzene rings is 2. The number of para-hydroxylation sites is 1. The van der Waals surface area contributed by atoms with E-state index < -0.39 is 14.9 Å². The Hall–Kier alpha value is -2.45. The van der Waals surface area contributed by atoms with Gasteiger partial charge in [-0.1, -0.05) is 18.2 Å². The summed E-state index contributed by atoms with van der Waals surface area (Å²) in [6.07, 6.45) is 1.63. The zero-order chi connectivity index (χ0) is 17.2. The molecule has 1 heterocycles. The molecule has 0 amide bonds. The molecule has 126 valence electrons. The summed E-state index contributed by atoms with van der Waals surface area (Å²) < 4.78 is 26.5. The summed E-state index contributed by atoms with van der Waals surface area (Å²) in [5.74, 6) is 0. The fourth-order valence-corrected chi connectivity index (χ4v) is 4.22. The zero-order valence-electron chi connectivity index (χ0n) is 12.9. The first-order chi connectivity index (χ1) is 11.5. The summed E-state index contributed by atoms with van der Waals surface area (Å²) >= 11 is 0. The summed E-state index contributed by atoms with van der Waals surface area (Å²) in [5.41, 5.74) is 0.682. The predicted octanol–water partition coefficient (Wildman–Crippen LogP) is 3.12. The van der Waals surface area contributed by atoms with Gasteiger partial charge in [0.05, 0.1) is 9.82 Å². The number of sulfonamides is 1. The van der Waals surface area contributed by atoms with Crippen LogP contribution in [0, 0.1) is 10.1 Å². The first-order valence-electron chi connectivity index (χ1n) is 7.59. The molecule has 0 bridgehead atoms. The molecule has 0 aliphatic carbocycles. The van der Waals surface area contributed by atoms with Gasteiger partial charge >= 0.3 is 0 Å². The largest absolute Gasteiger partial charge is 0.350 e. The first kappa shape index (κ1) is 16.4. The van der Waals surface area contributed by atoms with Crippen LogP contribution in [0.25, 0.3) is 0 Å². The molecule has 1 saturated heterocycles. The Labute approximate surface area is 140 Å². The lowest BCUT2D eigenvalue weighted by molar-refractivity contribution is -0.384. The minimum Gasteiger partial charge on any atom is -0.350 e. The molecular formula is C16H17N3O4S. The highest BCUT2D eigenvalue weighted by Crippen LogP contribution is 2.31. The summed E-state index contributed by atoms with van der Waals surface area (Å²) in [6.45, 7) is 0.917. The van der Waals surface area contributed by atoms with E-state index in [1.54, 1.807) is 24.3 Å². The van der Waals surface area contributed by atoms with Gasteiger partial charge in [-0.2, -0.15) is 4.31 Å². The summed E-state index contributed by atoms with van der Waals surface area (Å²) in [4.78, 5) is 10.7. The molecule has 0 spiro atoms. The van der Waals surface area contributed by atoms with Crippen LogP contribution in [0.2, 0.25) is 0 Å². The van der Waals surface area contributed by atoms with Gasteiger partial charge in [0.1, 0.15) is 5.69 Å².